The Bertz CT molecular complexity index is 994. The lowest BCUT2D eigenvalue weighted by molar-refractivity contribution is -0.118. The summed E-state index contributed by atoms with van der Waals surface area (Å²) in [4.78, 5) is 24.1. The molecule has 0 saturated carbocycles. The number of amides is 1. The summed E-state index contributed by atoms with van der Waals surface area (Å²) in [6.07, 6.45) is 0.755. The smallest absolute Gasteiger partial charge is 0.338 e. The van der Waals surface area contributed by atoms with Crippen LogP contribution in [0.15, 0.2) is 72.8 Å². The molecule has 0 spiro atoms. The summed E-state index contributed by atoms with van der Waals surface area (Å²) in [5.74, 6) is -0.104. The normalized spacial score (nSPS) is 10.3. The maximum atomic E-state index is 12.2. The molecule has 0 saturated heterocycles. The first kappa shape index (κ1) is 21.1. The Labute approximate surface area is 176 Å². The first-order valence-electron chi connectivity index (χ1n) is 9.92. The molecule has 1 N–H and O–H groups in total. The van der Waals surface area contributed by atoms with Gasteiger partial charge in [0, 0.05) is 5.69 Å². The SMILES string of the molecule is CCCOC(=O)c1cccc(NC(=O)COc2ccc(-c3ccc(C)cc3)cc2)c1. The van der Waals surface area contributed by atoms with Crippen LogP contribution >= 0.6 is 0 Å². The fraction of sp³-hybridized carbons (Fsp3) is 0.200. The number of anilines is 1. The van der Waals surface area contributed by atoms with Gasteiger partial charge in [-0.05, 0) is 54.8 Å². The van der Waals surface area contributed by atoms with Gasteiger partial charge in [0.15, 0.2) is 6.61 Å². The summed E-state index contributed by atoms with van der Waals surface area (Å²) < 4.78 is 10.7. The van der Waals surface area contributed by atoms with Crippen LogP contribution < -0.4 is 10.1 Å². The summed E-state index contributed by atoms with van der Waals surface area (Å²) in [5, 5.41) is 2.73. The van der Waals surface area contributed by atoms with Crippen LogP contribution in [0.25, 0.3) is 11.1 Å². The molecule has 0 fully saturated rings. The Morgan fingerprint density at radius 1 is 0.900 bits per heavy atom. The van der Waals surface area contributed by atoms with Gasteiger partial charge in [-0.2, -0.15) is 0 Å². The first-order valence-corrected chi connectivity index (χ1v) is 9.92. The number of esters is 1. The van der Waals surface area contributed by atoms with Gasteiger partial charge < -0.3 is 14.8 Å². The first-order chi connectivity index (χ1) is 14.5. The topological polar surface area (TPSA) is 64.6 Å². The minimum Gasteiger partial charge on any atom is -0.484 e. The van der Waals surface area contributed by atoms with Crippen molar-refractivity contribution < 1.29 is 19.1 Å². The predicted octanol–water partition coefficient (Wildman–Crippen LogP) is 5.25. The van der Waals surface area contributed by atoms with E-state index < -0.39 is 5.97 Å². The molecular weight excluding hydrogens is 378 g/mol. The van der Waals surface area contributed by atoms with Crippen LogP contribution in [0.5, 0.6) is 5.75 Å². The Morgan fingerprint density at radius 2 is 1.57 bits per heavy atom. The highest BCUT2D eigenvalue weighted by Gasteiger charge is 2.09. The number of nitrogens with one attached hydrogen (secondary N) is 1. The third-order valence-electron chi connectivity index (χ3n) is 4.43. The van der Waals surface area contributed by atoms with Gasteiger partial charge in [0.2, 0.25) is 0 Å². The number of ether oxygens (including phenoxy) is 2. The van der Waals surface area contributed by atoms with E-state index in [9.17, 15) is 9.59 Å². The number of hydrogen-bond donors (Lipinski definition) is 1. The lowest BCUT2D eigenvalue weighted by Crippen LogP contribution is -2.20. The Morgan fingerprint density at radius 3 is 2.23 bits per heavy atom. The second kappa shape index (κ2) is 10.3. The van der Waals surface area contributed by atoms with Crippen molar-refractivity contribution in [2.75, 3.05) is 18.5 Å². The summed E-state index contributed by atoms with van der Waals surface area (Å²) in [6.45, 7) is 4.22. The molecule has 5 heteroatoms. The monoisotopic (exact) mass is 403 g/mol. The van der Waals surface area contributed by atoms with Crippen molar-refractivity contribution in [2.24, 2.45) is 0 Å². The molecule has 154 valence electrons. The number of carbonyl (C=O) groups excluding carboxylic acids is 2. The van der Waals surface area contributed by atoms with Crippen LogP contribution in [0.1, 0.15) is 29.3 Å². The lowest BCUT2D eigenvalue weighted by atomic mass is 10.0. The second-order valence-corrected chi connectivity index (χ2v) is 6.94. The zero-order chi connectivity index (χ0) is 21.3. The highest BCUT2D eigenvalue weighted by Crippen LogP contribution is 2.23. The van der Waals surface area contributed by atoms with Crippen molar-refractivity contribution in [2.45, 2.75) is 20.3 Å². The molecule has 0 aliphatic carbocycles. The van der Waals surface area contributed by atoms with Crippen molar-refractivity contribution >= 4 is 17.6 Å². The van der Waals surface area contributed by atoms with Crippen LogP contribution in [0.2, 0.25) is 0 Å². The highest BCUT2D eigenvalue weighted by atomic mass is 16.5. The van der Waals surface area contributed by atoms with E-state index in [-0.39, 0.29) is 12.5 Å². The minimum atomic E-state index is -0.405. The van der Waals surface area contributed by atoms with E-state index in [1.165, 1.54) is 5.56 Å². The molecule has 3 rings (SSSR count). The van der Waals surface area contributed by atoms with Crippen LogP contribution in [0, 0.1) is 6.92 Å². The molecule has 0 bridgehead atoms. The maximum Gasteiger partial charge on any atom is 0.338 e. The number of hydrogen-bond acceptors (Lipinski definition) is 4. The second-order valence-electron chi connectivity index (χ2n) is 6.94. The van der Waals surface area contributed by atoms with Crippen molar-refractivity contribution in [1.82, 2.24) is 0 Å². The van der Waals surface area contributed by atoms with Gasteiger partial charge in [0.1, 0.15) is 5.75 Å². The highest BCUT2D eigenvalue weighted by molar-refractivity contribution is 5.95. The Hall–Kier alpha value is -3.60. The van der Waals surface area contributed by atoms with Crippen LogP contribution in [0.4, 0.5) is 5.69 Å². The molecule has 3 aromatic rings. The van der Waals surface area contributed by atoms with Gasteiger partial charge in [0.25, 0.3) is 5.91 Å². The minimum absolute atomic E-state index is 0.131. The molecule has 3 aromatic carbocycles. The number of benzene rings is 3. The van der Waals surface area contributed by atoms with Gasteiger partial charge in [-0.3, -0.25) is 4.79 Å². The molecule has 0 heterocycles. The zero-order valence-corrected chi connectivity index (χ0v) is 17.2. The quantitative estimate of drug-likeness (QED) is 0.522. The van der Waals surface area contributed by atoms with E-state index >= 15 is 0 Å². The molecule has 0 aliphatic rings. The lowest BCUT2D eigenvalue weighted by Gasteiger charge is -2.10. The van der Waals surface area contributed by atoms with Crippen LogP contribution in [0.3, 0.4) is 0 Å². The number of aryl methyl sites for hydroxylation is 1. The fourth-order valence-corrected chi connectivity index (χ4v) is 2.84. The molecule has 5 nitrogen and oxygen atoms in total. The van der Waals surface area contributed by atoms with Crippen LogP contribution in [-0.2, 0) is 9.53 Å². The Balaban J connectivity index is 1.53. The third kappa shape index (κ3) is 5.95. The van der Waals surface area contributed by atoms with Gasteiger partial charge in [-0.15, -0.1) is 0 Å². The number of carbonyl (C=O) groups is 2. The van der Waals surface area contributed by atoms with Crippen molar-refractivity contribution in [1.29, 1.82) is 0 Å². The van der Waals surface area contributed by atoms with Crippen molar-refractivity contribution in [3.05, 3.63) is 83.9 Å². The van der Waals surface area contributed by atoms with Gasteiger partial charge in [-0.25, -0.2) is 4.79 Å². The van der Waals surface area contributed by atoms with E-state index in [4.69, 9.17) is 9.47 Å². The molecule has 0 aliphatic heterocycles. The Kier molecular flexibility index (Phi) is 7.22. The van der Waals surface area contributed by atoms with E-state index in [1.807, 2.05) is 31.2 Å². The van der Waals surface area contributed by atoms with Crippen molar-refractivity contribution in [3.8, 4) is 16.9 Å². The molecule has 0 atom stereocenters. The molecule has 30 heavy (non-hydrogen) atoms. The summed E-state index contributed by atoms with van der Waals surface area (Å²) in [5.41, 5.74) is 4.34. The maximum absolute atomic E-state index is 12.2. The summed E-state index contributed by atoms with van der Waals surface area (Å²) >= 11 is 0. The molecule has 1 amide bonds. The van der Waals surface area contributed by atoms with Gasteiger partial charge in [0.05, 0.1) is 12.2 Å². The number of rotatable bonds is 8. The van der Waals surface area contributed by atoms with E-state index in [0.717, 1.165) is 17.5 Å². The van der Waals surface area contributed by atoms with Gasteiger partial charge in [-0.1, -0.05) is 55.0 Å². The average Bonchev–Trinajstić information content (AvgIpc) is 2.77. The zero-order valence-electron chi connectivity index (χ0n) is 17.2. The predicted molar refractivity (Wildman–Crippen MR) is 118 cm³/mol. The summed E-state index contributed by atoms with van der Waals surface area (Å²) in [7, 11) is 0. The van der Waals surface area contributed by atoms with E-state index in [0.29, 0.717) is 23.6 Å². The molecular formula is C25H25NO4. The summed E-state index contributed by atoms with van der Waals surface area (Å²) in [6, 6.07) is 22.5. The van der Waals surface area contributed by atoms with Crippen LogP contribution in [-0.4, -0.2) is 25.1 Å². The molecule has 0 aromatic heterocycles. The fourth-order valence-electron chi connectivity index (χ4n) is 2.84. The molecule has 0 radical (unpaired) electrons. The van der Waals surface area contributed by atoms with Crippen molar-refractivity contribution in [3.63, 3.8) is 0 Å². The van der Waals surface area contributed by atoms with Gasteiger partial charge >= 0.3 is 5.97 Å². The largest absolute Gasteiger partial charge is 0.484 e. The molecule has 0 unspecified atom stereocenters. The standard InChI is InChI=1S/C25H25NO4/c1-3-15-29-25(28)21-5-4-6-22(16-21)26-24(27)17-30-23-13-11-20(12-14-23)19-9-7-18(2)8-10-19/h4-14,16H,3,15,17H2,1-2H3,(H,26,27). The van der Waals surface area contributed by atoms with E-state index in [1.54, 1.807) is 24.3 Å². The average molecular weight is 403 g/mol. The van der Waals surface area contributed by atoms with E-state index in [2.05, 4.69) is 36.5 Å². The third-order valence-corrected chi connectivity index (χ3v) is 4.43.